The summed E-state index contributed by atoms with van der Waals surface area (Å²) in [6.45, 7) is 7.97. The first-order chi connectivity index (χ1) is 6.72. The molecular formula is C11H25NOS. The van der Waals surface area contributed by atoms with Crippen molar-refractivity contribution in [3.63, 3.8) is 0 Å². The van der Waals surface area contributed by atoms with E-state index in [-0.39, 0.29) is 0 Å². The Hall–Kier alpha value is 0.270. The van der Waals surface area contributed by atoms with Crippen LogP contribution < -0.4 is 5.32 Å². The van der Waals surface area contributed by atoms with Gasteiger partial charge in [-0.25, -0.2) is 0 Å². The molecule has 0 heterocycles. The van der Waals surface area contributed by atoms with Gasteiger partial charge in [0.25, 0.3) is 0 Å². The molecule has 0 saturated heterocycles. The van der Waals surface area contributed by atoms with Crippen LogP contribution in [0, 0.1) is 5.92 Å². The number of hydrogen-bond donors (Lipinski definition) is 2. The molecule has 0 saturated carbocycles. The van der Waals surface area contributed by atoms with Crippen molar-refractivity contribution in [1.29, 1.82) is 0 Å². The van der Waals surface area contributed by atoms with Gasteiger partial charge in [-0.05, 0) is 36.8 Å². The number of thioether (sulfide) groups is 1. The van der Waals surface area contributed by atoms with Crippen LogP contribution in [0.5, 0.6) is 0 Å². The molecular weight excluding hydrogens is 194 g/mol. The normalized spacial score (nSPS) is 13.5. The van der Waals surface area contributed by atoms with E-state index in [0.717, 1.165) is 13.0 Å². The molecule has 0 aromatic carbocycles. The molecule has 2 N–H and O–H groups in total. The second kappa shape index (κ2) is 9.81. The van der Waals surface area contributed by atoms with E-state index in [4.69, 9.17) is 5.11 Å². The van der Waals surface area contributed by atoms with Gasteiger partial charge in [0.1, 0.15) is 0 Å². The third-order valence-corrected chi connectivity index (χ3v) is 3.31. The van der Waals surface area contributed by atoms with E-state index in [9.17, 15) is 0 Å². The first-order valence-electron chi connectivity index (χ1n) is 5.64. The zero-order valence-electron chi connectivity index (χ0n) is 9.75. The second-order valence-corrected chi connectivity index (χ2v) is 5.26. The van der Waals surface area contributed by atoms with Crippen molar-refractivity contribution in [3.05, 3.63) is 0 Å². The van der Waals surface area contributed by atoms with Crippen LogP contribution in [0.4, 0.5) is 0 Å². The van der Waals surface area contributed by atoms with E-state index in [2.05, 4.69) is 26.1 Å². The SMILES string of the molecule is CCSCCCNC(CCO)C(C)C. The van der Waals surface area contributed by atoms with Gasteiger partial charge < -0.3 is 10.4 Å². The summed E-state index contributed by atoms with van der Waals surface area (Å²) < 4.78 is 0. The van der Waals surface area contributed by atoms with E-state index >= 15 is 0 Å². The minimum atomic E-state index is 0.291. The Kier molecular flexibility index (Phi) is 10.0. The molecule has 0 radical (unpaired) electrons. The molecule has 2 nitrogen and oxygen atoms in total. The highest BCUT2D eigenvalue weighted by atomic mass is 32.2. The van der Waals surface area contributed by atoms with Crippen LogP contribution in [0.15, 0.2) is 0 Å². The Balaban J connectivity index is 3.41. The van der Waals surface area contributed by atoms with Crippen LogP contribution in [-0.2, 0) is 0 Å². The molecule has 0 bridgehead atoms. The maximum atomic E-state index is 8.88. The molecule has 14 heavy (non-hydrogen) atoms. The van der Waals surface area contributed by atoms with Crippen molar-refractivity contribution in [2.45, 2.75) is 39.7 Å². The molecule has 0 aliphatic carbocycles. The topological polar surface area (TPSA) is 32.3 Å². The molecule has 86 valence electrons. The van der Waals surface area contributed by atoms with Crippen LogP contribution in [0.1, 0.15) is 33.6 Å². The summed E-state index contributed by atoms with van der Waals surface area (Å²) >= 11 is 1.99. The molecule has 0 fully saturated rings. The van der Waals surface area contributed by atoms with Gasteiger partial charge in [0.15, 0.2) is 0 Å². The van der Waals surface area contributed by atoms with E-state index in [0.29, 0.717) is 18.6 Å². The quantitative estimate of drug-likeness (QED) is 0.583. The average Bonchev–Trinajstić information content (AvgIpc) is 2.15. The first-order valence-corrected chi connectivity index (χ1v) is 6.79. The zero-order valence-corrected chi connectivity index (χ0v) is 10.6. The smallest absolute Gasteiger partial charge is 0.0445 e. The summed E-state index contributed by atoms with van der Waals surface area (Å²) in [5.74, 6) is 3.07. The number of hydrogen-bond acceptors (Lipinski definition) is 3. The predicted octanol–water partition coefficient (Wildman–Crippen LogP) is 2.13. The predicted molar refractivity (Wildman–Crippen MR) is 65.9 cm³/mol. The molecule has 1 atom stereocenters. The van der Waals surface area contributed by atoms with Crippen LogP contribution in [0.3, 0.4) is 0 Å². The highest BCUT2D eigenvalue weighted by Crippen LogP contribution is 2.06. The lowest BCUT2D eigenvalue weighted by atomic mass is 10.0. The molecule has 0 rings (SSSR count). The average molecular weight is 219 g/mol. The van der Waals surface area contributed by atoms with Crippen LogP contribution in [0.2, 0.25) is 0 Å². The maximum absolute atomic E-state index is 8.88. The number of rotatable bonds is 9. The molecule has 0 aromatic rings. The molecule has 0 amide bonds. The van der Waals surface area contributed by atoms with Gasteiger partial charge in [0.2, 0.25) is 0 Å². The standard InChI is InChI=1S/C11H25NOS/c1-4-14-9-5-7-12-11(6-8-13)10(2)3/h10-13H,4-9H2,1-3H3. The van der Waals surface area contributed by atoms with Gasteiger partial charge in [-0.1, -0.05) is 20.8 Å². The van der Waals surface area contributed by atoms with Gasteiger partial charge in [0, 0.05) is 12.6 Å². The number of aliphatic hydroxyl groups is 1. The van der Waals surface area contributed by atoms with Gasteiger partial charge >= 0.3 is 0 Å². The van der Waals surface area contributed by atoms with Gasteiger partial charge in [-0.3, -0.25) is 0 Å². The third kappa shape index (κ3) is 7.65. The molecule has 0 aliphatic rings. The van der Waals surface area contributed by atoms with Crippen molar-refractivity contribution in [2.75, 3.05) is 24.7 Å². The lowest BCUT2D eigenvalue weighted by Crippen LogP contribution is -2.35. The van der Waals surface area contributed by atoms with Crippen LogP contribution in [-0.4, -0.2) is 35.8 Å². The Morgan fingerprint density at radius 2 is 2.07 bits per heavy atom. The van der Waals surface area contributed by atoms with Crippen molar-refractivity contribution in [3.8, 4) is 0 Å². The highest BCUT2D eigenvalue weighted by Gasteiger charge is 2.10. The van der Waals surface area contributed by atoms with E-state index in [1.165, 1.54) is 17.9 Å². The van der Waals surface area contributed by atoms with Crippen LogP contribution >= 0.6 is 11.8 Å². The highest BCUT2D eigenvalue weighted by molar-refractivity contribution is 7.99. The van der Waals surface area contributed by atoms with Gasteiger partial charge in [0.05, 0.1) is 0 Å². The summed E-state index contributed by atoms with van der Waals surface area (Å²) in [5, 5.41) is 12.4. The maximum Gasteiger partial charge on any atom is 0.0445 e. The molecule has 1 unspecified atom stereocenters. The number of nitrogens with one attached hydrogen (secondary N) is 1. The minimum absolute atomic E-state index is 0.291. The second-order valence-electron chi connectivity index (χ2n) is 3.87. The first kappa shape index (κ1) is 14.3. The monoisotopic (exact) mass is 219 g/mol. The summed E-state index contributed by atoms with van der Waals surface area (Å²) in [5.41, 5.74) is 0. The molecule has 0 aliphatic heterocycles. The third-order valence-electron chi connectivity index (χ3n) is 2.32. The molecule has 0 aromatic heterocycles. The molecule has 3 heteroatoms. The summed E-state index contributed by atoms with van der Waals surface area (Å²) in [6, 6.07) is 0.478. The lowest BCUT2D eigenvalue weighted by Gasteiger charge is -2.21. The fraction of sp³-hybridized carbons (Fsp3) is 1.00. The van der Waals surface area contributed by atoms with E-state index < -0.39 is 0 Å². The van der Waals surface area contributed by atoms with Crippen molar-refractivity contribution >= 4 is 11.8 Å². The lowest BCUT2D eigenvalue weighted by molar-refractivity contribution is 0.245. The largest absolute Gasteiger partial charge is 0.396 e. The number of aliphatic hydroxyl groups excluding tert-OH is 1. The van der Waals surface area contributed by atoms with Gasteiger partial charge in [-0.15, -0.1) is 0 Å². The van der Waals surface area contributed by atoms with Gasteiger partial charge in [-0.2, -0.15) is 11.8 Å². The van der Waals surface area contributed by atoms with E-state index in [1.807, 2.05) is 11.8 Å². The van der Waals surface area contributed by atoms with E-state index in [1.54, 1.807) is 0 Å². The summed E-state index contributed by atoms with van der Waals surface area (Å²) in [4.78, 5) is 0. The Morgan fingerprint density at radius 3 is 2.57 bits per heavy atom. The Morgan fingerprint density at radius 1 is 1.36 bits per heavy atom. The Labute approximate surface area is 92.9 Å². The Bertz CT molecular complexity index is 120. The van der Waals surface area contributed by atoms with Crippen molar-refractivity contribution in [2.24, 2.45) is 5.92 Å². The van der Waals surface area contributed by atoms with Crippen molar-refractivity contribution < 1.29 is 5.11 Å². The minimum Gasteiger partial charge on any atom is -0.396 e. The summed E-state index contributed by atoms with van der Waals surface area (Å²) in [7, 11) is 0. The van der Waals surface area contributed by atoms with Crippen LogP contribution in [0.25, 0.3) is 0 Å². The fourth-order valence-corrected chi connectivity index (χ4v) is 2.05. The zero-order chi connectivity index (χ0) is 10.8. The van der Waals surface area contributed by atoms with Crippen molar-refractivity contribution in [1.82, 2.24) is 5.32 Å². The summed E-state index contributed by atoms with van der Waals surface area (Å²) in [6.07, 6.45) is 2.10. The molecule has 0 spiro atoms. The fourth-order valence-electron chi connectivity index (χ4n) is 1.42.